The molecule has 25 heavy (non-hydrogen) atoms. The third kappa shape index (κ3) is 4.58. The molecule has 1 amide bonds. The van der Waals surface area contributed by atoms with E-state index < -0.39 is 5.91 Å². The molecule has 1 aliphatic heterocycles. The minimum absolute atomic E-state index is 0.388. The summed E-state index contributed by atoms with van der Waals surface area (Å²) in [4.78, 5) is 13.4. The largest absolute Gasteiger partial charge is 0.370 e. The Kier molecular flexibility index (Phi) is 5.65. The van der Waals surface area contributed by atoms with E-state index >= 15 is 0 Å². The van der Waals surface area contributed by atoms with Crippen molar-refractivity contribution in [1.82, 2.24) is 10.4 Å². The molecule has 4 heteroatoms. The summed E-state index contributed by atoms with van der Waals surface area (Å²) in [5, 5.41) is 8.50. The highest BCUT2D eigenvalue weighted by Crippen LogP contribution is 2.32. The van der Waals surface area contributed by atoms with Crippen LogP contribution < -0.4 is 5.48 Å². The number of nitrogens with one attached hydrogen (secondary N) is 1. The molecule has 4 nitrogen and oxygen atoms in total. The van der Waals surface area contributed by atoms with Crippen molar-refractivity contribution in [1.29, 1.82) is 0 Å². The molecule has 0 spiro atoms. The highest BCUT2D eigenvalue weighted by molar-refractivity contribution is 5.90. The lowest BCUT2D eigenvalue weighted by molar-refractivity contribution is -0.124. The number of rotatable bonds is 5. The van der Waals surface area contributed by atoms with Crippen molar-refractivity contribution in [2.75, 3.05) is 6.54 Å². The molecule has 0 saturated carbocycles. The standard InChI is InChI=1S/C21H22N2O2/c24-21(22-25)13-10-18-8-11-19(12-9-18)20-7-4-15-23(20)16-14-17-5-2-1-3-6-17/h1-3,5-6,8-14,16,20,25H,4,7,15H2,(H,22,24)/b13-10+,16-14?. The molecule has 0 bridgehead atoms. The van der Waals surface area contributed by atoms with Crippen LogP contribution in [-0.4, -0.2) is 22.6 Å². The lowest BCUT2D eigenvalue weighted by Crippen LogP contribution is -2.16. The van der Waals surface area contributed by atoms with E-state index in [0.29, 0.717) is 6.04 Å². The van der Waals surface area contributed by atoms with Gasteiger partial charge >= 0.3 is 0 Å². The Bertz CT molecular complexity index is 751. The van der Waals surface area contributed by atoms with Crippen molar-refractivity contribution in [3.05, 3.63) is 83.6 Å². The fraction of sp³-hybridized carbons (Fsp3) is 0.190. The van der Waals surface area contributed by atoms with Gasteiger partial charge in [0.05, 0.1) is 6.04 Å². The van der Waals surface area contributed by atoms with Gasteiger partial charge in [-0.1, -0.05) is 54.6 Å². The molecule has 1 unspecified atom stereocenters. The van der Waals surface area contributed by atoms with Crippen LogP contribution in [0.15, 0.2) is 66.9 Å². The average Bonchev–Trinajstić information content (AvgIpc) is 3.14. The summed E-state index contributed by atoms with van der Waals surface area (Å²) in [6.45, 7) is 1.06. The summed E-state index contributed by atoms with van der Waals surface area (Å²) < 4.78 is 0. The molecule has 0 radical (unpaired) electrons. The first-order valence-corrected chi connectivity index (χ1v) is 8.47. The highest BCUT2D eigenvalue weighted by Gasteiger charge is 2.23. The van der Waals surface area contributed by atoms with Gasteiger partial charge in [-0.25, -0.2) is 5.48 Å². The van der Waals surface area contributed by atoms with Crippen LogP contribution in [0.25, 0.3) is 12.2 Å². The van der Waals surface area contributed by atoms with Crippen molar-refractivity contribution in [3.8, 4) is 0 Å². The van der Waals surface area contributed by atoms with Gasteiger partial charge in [-0.2, -0.15) is 0 Å². The predicted molar refractivity (Wildman–Crippen MR) is 99.6 cm³/mol. The molecule has 1 heterocycles. The zero-order valence-corrected chi connectivity index (χ0v) is 14.0. The zero-order valence-electron chi connectivity index (χ0n) is 14.0. The monoisotopic (exact) mass is 334 g/mol. The molecular weight excluding hydrogens is 312 g/mol. The average molecular weight is 334 g/mol. The number of hydrogen-bond acceptors (Lipinski definition) is 3. The van der Waals surface area contributed by atoms with Crippen molar-refractivity contribution >= 4 is 18.1 Å². The number of amides is 1. The number of hydroxylamine groups is 1. The second-order valence-electron chi connectivity index (χ2n) is 6.10. The Hall–Kier alpha value is -2.85. The van der Waals surface area contributed by atoms with Gasteiger partial charge in [0.25, 0.3) is 5.91 Å². The van der Waals surface area contributed by atoms with E-state index in [1.165, 1.54) is 23.6 Å². The number of likely N-dealkylation sites (tertiary alicyclic amines) is 1. The number of carbonyl (C=O) groups is 1. The van der Waals surface area contributed by atoms with Gasteiger partial charge in [0.2, 0.25) is 0 Å². The Morgan fingerprint density at radius 1 is 1.04 bits per heavy atom. The van der Waals surface area contributed by atoms with E-state index in [4.69, 9.17) is 5.21 Å². The summed E-state index contributed by atoms with van der Waals surface area (Å²) in [6.07, 6.45) is 9.65. The SMILES string of the molecule is O=C(/C=C/c1ccc(C2CCCN2C=Cc2ccccc2)cc1)NO. The molecule has 0 aliphatic carbocycles. The van der Waals surface area contributed by atoms with Crippen LogP contribution in [0, 0.1) is 0 Å². The molecular formula is C21H22N2O2. The normalized spacial score (nSPS) is 17.5. The van der Waals surface area contributed by atoms with Crippen LogP contribution in [-0.2, 0) is 4.79 Å². The van der Waals surface area contributed by atoms with E-state index in [9.17, 15) is 4.79 Å². The van der Waals surface area contributed by atoms with E-state index in [1.54, 1.807) is 11.6 Å². The van der Waals surface area contributed by atoms with Gasteiger partial charge in [-0.15, -0.1) is 0 Å². The summed E-state index contributed by atoms with van der Waals surface area (Å²) in [6, 6.07) is 18.9. The number of benzene rings is 2. The smallest absolute Gasteiger partial charge is 0.267 e. The lowest BCUT2D eigenvalue weighted by Gasteiger charge is -2.23. The van der Waals surface area contributed by atoms with Crippen molar-refractivity contribution in [3.63, 3.8) is 0 Å². The molecule has 3 rings (SSSR count). The van der Waals surface area contributed by atoms with Gasteiger partial charge < -0.3 is 4.90 Å². The Labute approximate surface area is 148 Å². The quantitative estimate of drug-likeness (QED) is 0.493. The second-order valence-corrected chi connectivity index (χ2v) is 6.10. The fourth-order valence-electron chi connectivity index (χ4n) is 3.11. The van der Waals surface area contributed by atoms with E-state index in [0.717, 1.165) is 18.5 Å². The zero-order chi connectivity index (χ0) is 17.5. The van der Waals surface area contributed by atoms with Crippen LogP contribution in [0.3, 0.4) is 0 Å². The van der Waals surface area contributed by atoms with Crippen molar-refractivity contribution in [2.24, 2.45) is 0 Å². The summed E-state index contributed by atoms with van der Waals surface area (Å²) in [7, 11) is 0. The first kappa shape index (κ1) is 17.0. The van der Waals surface area contributed by atoms with E-state index in [-0.39, 0.29) is 0 Å². The van der Waals surface area contributed by atoms with E-state index in [2.05, 4.69) is 41.4 Å². The van der Waals surface area contributed by atoms with Gasteiger partial charge in [-0.05, 0) is 41.7 Å². The molecule has 1 saturated heterocycles. The topological polar surface area (TPSA) is 52.6 Å². The Morgan fingerprint density at radius 2 is 1.76 bits per heavy atom. The summed E-state index contributed by atoms with van der Waals surface area (Å²) >= 11 is 0. The first-order valence-electron chi connectivity index (χ1n) is 8.47. The highest BCUT2D eigenvalue weighted by atomic mass is 16.5. The maximum Gasteiger partial charge on any atom is 0.267 e. The van der Waals surface area contributed by atoms with Crippen LogP contribution >= 0.6 is 0 Å². The maximum atomic E-state index is 11.0. The molecule has 1 aliphatic rings. The van der Waals surface area contributed by atoms with Crippen LogP contribution in [0.5, 0.6) is 0 Å². The minimum atomic E-state index is -0.530. The summed E-state index contributed by atoms with van der Waals surface area (Å²) in [5.74, 6) is -0.530. The fourth-order valence-corrected chi connectivity index (χ4v) is 3.11. The third-order valence-electron chi connectivity index (χ3n) is 4.41. The van der Waals surface area contributed by atoms with Crippen LogP contribution in [0.2, 0.25) is 0 Å². The second kappa shape index (κ2) is 8.31. The van der Waals surface area contributed by atoms with Gasteiger partial charge in [-0.3, -0.25) is 10.0 Å². The molecule has 2 aromatic rings. The number of carbonyl (C=O) groups excluding carboxylic acids is 1. The Morgan fingerprint density at radius 3 is 2.48 bits per heavy atom. The number of nitrogens with zero attached hydrogens (tertiary/aromatic N) is 1. The van der Waals surface area contributed by atoms with Crippen LogP contribution in [0.4, 0.5) is 0 Å². The first-order chi connectivity index (χ1) is 12.3. The van der Waals surface area contributed by atoms with Crippen molar-refractivity contribution < 1.29 is 10.0 Å². The molecule has 0 aromatic heterocycles. The third-order valence-corrected chi connectivity index (χ3v) is 4.41. The van der Waals surface area contributed by atoms with Crippen molar-refractivity contribution in [2.45, 2.75) is 18.9 Å². The van der Waals surface area contributed by atoms with Gasteiger partial charge in [0, 0.05) is 18.8 Å². The van der Waals surface area contributed by atoms with E-state index in [1.807, 2.05) is 30.3 Å². The molecule has 1 fully saturated rings. The molecule has 2 aromatic carbocycles. The molecule has 2 N–H and O–H groups in total. The lowest BCUT2D eigenvalue weighted by atomic mass is 10.0. The van der Waals surface area contributed by atoms with Crippen LogP contribution in [0.1, 0.15) is 35.6 Å². The maximum absolute atomic E-state index is 11.0. The summed E-state index contributed by atoms with van der Waals surface area (Å²) in [5.41, 5.74) is 4.99. The predicted octanol–water partition coefficient (Wildman–Crippen LogP) is 4.01. The number of hydrogen-bond donors (Lipinski definition) is 2. The van der Waals surface area contributed by atoms with Gasteiger partial charge in [0.1, 0.15) is 0 Å². The van der Waals surface area contributed by atoms with Gasteiger partial charge in [0.15, 0.2) is 0 Å². The minimum Gasteiger partial charge on any atom is -0.370 e. The Balaban J connectivity index is 1.69. The molecule has 1 atom stereocenters. The molecule has 128 valence electrons.